The first-order valence-corrected chi connectivity index (χ1v) is 14.5. The van der Waals surface area contributed by atoms with Crippen LogP contribution in [0.2, 0.25) is 0 Å². The first kappa shape index (κ1) is 29.4. The number of thiocarbonyl (C=S) groups is 1. The van der Waals surface area contributed by atoms with E-state index >= 15 is 0 Å². The predicted octanol–water partition coefficient (Wildman–Crippen LogP) is 8.43. The van der Waals surface area contributed by atoms with Crippen LogP contribution in [0.5, 0.6) is 0 Å². The average molecular weight is 502 g/mol. The zero-order valence-corrected chi connectivity index (χ0v) is 21.9. The molecule has 156 valence electrons. The van der Waals surface area contributed by atoms with Crippen molar-refractivity contribution in [2.24, 2.45) is 0 Å². The van der Waals surface area contributed by atoms with Crippen LogP contribution in [-0.2, 0) is 18.0 Å². The van der Waals surface area contributed by atoms with Crippen molar-refractivity contribution in [3.8, 4) is 0 Å². The molecule has 0 saturated heterocycles. The molecule has 0 amide bonds. The van der Waals surface area contributed by atoms with Gasteiger partial charge in [-0.3, -0.25) is 0 Å². The number of unbranched alkanes of at least 4 members (excludes halogenated alkanes) is 14. The van der Waals surface area contributed by atoms with Crippen molar-refractivity contribution >= 4 is 39.0 Å². The molecule has 0 aromatic heterocycles. The second-order valence-electron chi connectivity index (χ2n) is 7.22. The van der Waals surface area contributed by atoms with E-state index in [1.54, 1.807) is 0 Å². The summed E-state index contributed by atoms with van der Waals surface area (Å²) in [4.78, 5) is 2.31. The van der Waals surface area contributed by atoms with Crippen LogP contribution >= 0.6 is 34.7 Å². The number of hydrogen-bond donors (Lipinski definition) is 1. The van der Waals surface area contributed by atoms with Crippen molar-refractivity contribution < 1.29 is 18.0 Å². The first-order chi connectivity index (χ1) is 12.7. The molecule has 0 aliphatic rings. The Kier molecular flexibility index (Phi) is 29.5. The fourth-order valence-electron chi connectivity index (χ4n) is 3.18. The summed E-state index contributed by atoms with van der Waals surface area (Å²) in [5, 5.41) is 0. The minimum absolute atomic E-state index is 0.792. The molecule has 0 fully saturated rings. The van der Waals surface area contributed by atoms with E-state index in [9.17, 15) is 0 Å². The average Bonchev–Trinajstić information content (AvgIpc) is 2.65. The van der Waals surface area contributed by atoms with Gasteiger partial charge in [0.05, 0.1) is 0 Å². The van der Waals surface area contributed by atoms with E-state index in [4.69, 9.17) is 12.2 Å². The van der Waals surface area contributed by atoms with E-state index in [0.717, 1.165) is 17.4 Å². The van der Waals surface area contributed by atoms with Crippen LogP contribution in [0.15, 0.2) is 0 Å². The molecule has 0 radical (unpaired) electrons. The summed E-state index contributed by atoms with van der Waals surface area (Å²) >= 11 is 11.3. The van der Waals surface area contributed by atoms with Gasteiger partial charge in [-0.25, -0.2) is 0 Å². The topological polar surface area (TPSA) is 3.24 Å². The summed E-state index contributed by atoms with van der Waals surface area (Å²) in [6.45, 7) is 6.77. The van der Waals surface area contributed by atoms with Crippen LogP contribution in [0.4, 0.5) is 0 Å². The van der Waals surface area contributed by atoms with Gasteiger partial charge in [0.15, 0.2) is 0 Å². The Bertz CT molecular complexity index is 270. The quantitative estimate of drug-likeness (QED) is 0.0869. The summed E-state index contributed by atoms with van der Waals surface area (Å²) < 4.78 is 0.792. The van der Waals surface area contributed by atoms with E-state index in [0.29, 0.717) is 0 Å². The number of nitrogens with zero attached hydrogens (tertiary/aromatic N) is 1. The molecule has 5 heteroatoms. The molecule has 0 aliphatic heterocycles. The summed E-state index contributed by atoms with van der Waals surface area (Å²) in [5.74, 6) is 0. The molecule has 1 nitrogen and oxygen atoms in total. The fourth-order valence-corrected chi connectivity index (χ4v) is 3.56. The Morgan fingerprint density at radius 3 is 1.15 bits per heavy atom. The summed E-state index contributed by atoms with van der Waals surface area (Å²) in [6, 6.07) is 0. The SMILES string of the molecule is CCCCCCCCCCN(CCCCCCCCCC)C(=S)S.[S]=[Mo]. The molecule has 0 atom stereocenters. The van der Waals surface area contributed by atoms with Gasteiger partial charge in [0, 0.05) is 13.1 Å². The van der Waals surface area contributed by atoms with Gasteiger partial charge in [0.2, 0.25) is 0 Å². The molecule has 0 heterocycles. The number of thiol groups is 1. The Morgan fingerprint density at radius 1 is 0.615 bits per heavy atom. The van der Waals surface area contributed by atoms with Crippen LogP contribution in [0.3, 0.4) is 0 Å². The third kappa shape index (κ3) is 23.2. The van der Waals surface area contributed by atoms with Crippen LogP contribution in [0, 0.1) is 0 Å². The van der Waals surface area contributed by atoms with Crippen molar-refractivity contribution in [3.63, 3.8) is 0 Å². The standard InChI is InChI=1S/C21H43NS2.Mo.S/c1-3-5-7-9-11-13-15-17-19-22(21(23)24)20-18-16-14-12-10-8-6-4-2;;/h3-20H2,1-2H3,(H,23,24);;. The van der Waals surface area contributed by atoms with Crippen molar-refractivity contribution in [2.75, 3.05) is 13.1 Å². The summed E-state index contributed by atoms with van der Waals surface area (Å²) in [5.41, 5.74) is 0. The molecular formula is C21H43MoNS3. The van der Waals surface area contributed by atoms with E-state index in [2.05, 4.69) is 41.2 Å². The molecule has 0 spiro atoms. The Labute approximate surface area is 190 Å². The predicted molar refractivity (Wildman–Crippen MR) is 126 cm³/mol. The van der Waals surface area contributed by atoms with Gasteiger partial charge >= 0.3 is 27.8 Å². The summed E-state index contributed by atoms with van der Waals surface area (Å²) in [7, 11) is 4.09. The maximum atomic E-state index is 5.30. The molecule has 0 bridgehead atoms. The van der Waals surface area contributed by atoms with Crippen molar-refractivity contribution in [2.45, 2.75) is 117 Å². The zero-order valence-electron chi connectivity index (χ0n) is 17.3. The molecule has 0 aliphatic carbocycles. The molecule has 0 N–H and O–H groups in total. The third-order valence-electron chi connectivity index (χ3n) is 4.83. The Morgan fingerprint density at radius 2 is 0.885 bits per heavy atom. The van der Waals surface area contributed by atoms with Crippen LogP contribution in [-0.4, -0.2) is 22.3 Å². The normalized spacial score (nSPS) is 10.3. The molecule has 0 rings (SSSR count). The molecule has 0 aromatic rings. The van der Waals surface area contributed by atoms with E-state index < -0.39 is 0 Å². The van der Waals surface area contributed by atoms with Gasteiger partial charge in [-0.15, -0.1) is 12.6 Å². The van der Waals surface area contributed by atoms with Crippen LogP contribution < -0.4 is 0 Å². The zero-order chi connectivity index (χ0) is 19.9. The van der Waals surface area contributed by atoms with Crippen LogP contribution in [0.1, 0.15) is 117 Å². The van der Waals surface area contributed by atoms with Crippen LogP contribution in [0.25, 0.3) is 0 Å². The van der Waals surface area contributed by atoms with E-state index in [-0.39, 0.29) is 0 Å². The van der Waals surface area contributed by atoms with Gasteiger partial charge in [-0.05, 0) is 12.8 Å². The number of hydrogen-bond acceptors (Lipinski definition) is 2. The molecule has 0 unspecified atom stereocenters. The molecule has 0 saturated carbocycles. The third-order valence-corrected chi connectivity index (χ3v) is 5.37. The van der Waals surface area contributed by atoms with E-state index in [1.807, 2.05) is 0 Å². The minimum atomic E-state index is 0.792. The van der Waals surface area contributed by atoms with Gasteiger partial charge in [0.1, 0.15) is 4.32 Å². The van der Waals surface area contributed by atoms with Gasteiger partial charge < -0.3 is 4.90 Å². The van der Waals surface area contributed by atoms with Gasteiger partial charge in [-0.1, -0.05) is 116 Å². The molecule has 26 heavy (non-hydrogen) atoms. The van der Waals surface area contributed by atoms with Crippen molar-refractivity contribution in [1.82, 2.24) is 4.90 Å². The first-order valence-electron chi connectivity index (χ1n) is 10.9. The Hall–Kier alpha value is 1.15. The fraction of sp³-hybridized carbons (Fsp3) is 0.952. The molecular weight excluding hydrogens is 458 g/mol. The number of rotatable bonds is 18. The summed E-state index contributed by atoms with van der Waals surface area (Å²) in [6.07, 6.45) is 22.0. The molecule has 0 aromatic carbocycles. The second-order valence-corrected chi connectivity index (χ2v) is 8.33. The van der Waals surface area contributed by atoms with Gasteiger partial charge in [-0.2, -0.15) is 0 Å². The van der Waals surface area contributed by atoms with Crippen molar-refractivity contribution in [3.05, 3.63) is 0 Å². The van der Waals surface area contributed by atoms with E-state index in [1.165, 1.54) is 121 Å². The second kappa shape index (κ2) is 26.1. The Balaban J connectivity index is 0. The maximum absolute atomic E-state index is 5.30. The van der Waals surface area contributed by atoms with Gasteiger partial charge in [0.25, 0.3) is 0 Å². The monoisotopic (exact) mass is 503 g/mol. The van der Waals surface area contributed by atoms with Crippen molar-refractivity contribution in [1.29, 1.82) is 0 Å².